The van der Waals surface area contributed by atoms with E-state index < -0.39 is 27.7 Å². The highest BCUT2D eigenvalue weighted by molar-refractivity contribution is 9.10. The molecule has 104 valence electrons. The first kappa shape index (κ1) is 14.4. The van der Waals surface area contributed by atoms with Crippen LogP contribution in [0.2, 0.25) is 0 Å². The van der Waals surface area contributed by atoms with E-state index in [2.05, 4.69) is 15.9 Å². The minimum absolute atomic E-state index is 0.0541. The molecule has 1 N–H and O–H groups in total. The van der Waals surface area contributed by atoms with Gasteiger partial charge in [-0.15, -0.1) is 0 Å². The Balaban J connectivity index is 2.31. The molecule has 1 atom stereocenters. The van der Waals surface area contributed by atoms with Crippen LogP contribution in [0.25, 0.3) is 0 Å². The van der Waals surface area contributed by atoms with Crippen molar-refractivity contribution < 1.29 is 22.7 Å². The number of carboxylic acid groups (broad SMARTS) is 1. The van der Waals surface area contributed by atoms with Gasteiger partial charge in [0.15, 0.2) is 0 Å². The van der Waals surface area contributed by atoms with E-state index in [4.69, 9.17) is 5.11 Å². The molecule has 0 saturated carbocycles. The number of carbonyl (C=O) groups is 1. The molecular weight excluding hydrogens is 341 g/mol. The maximum absolute atomic E-state index is 13.0. The lowest BCUT2D eigenvalue weighted by atomic mass is 10.1. The van der Waals surface area contributed by atoms with E-state index in [1.807, 2.05) is 0 Å². The number of aliphatic carboxylic acids is 1. The average Bonchev–Trinajstić information content (AvgIpc) is 2.78. The predicted octanol–water partition coefficient (Wildman–Crippen LogP) is 1.68. The summed E-state index contributed by atoms with van der Waals surface area (Å²) in [6.07, 6.45) is 0.285. The lowest BCUT2D eigenvalue weighted by Crippen LogP contribution is -2.30. The minimum atomic E-state index is -3.80. The van der Waals surface area contributed by atoms with E-state index in [0.29, 0.717) is 0 Å². The number of nitrogens with zero attached hydrogens (tertiary/aromatic N) is 1. The molecule has 1 fully saturated rings. The van der Waals surface area contributed by atoms with Crippen LogP contribution in [0.5, 0.6) is 0 Å². The second kappa shape index (κ2) is 5.18. The summed E-state index contributed by atoms with van der Waals surface area (Å²) in [7, 11) is -3.80. The van der Waals surface area contributed by atoms with Gasteiger partial charge < -0.3 is 5.11 Å². The van der Waals surface area contributed by atoms with Crippen molar-refractivity contribution in [2.24, 2.45) is 5.92 Å². The molecule has 1 aromatic carbocycles. The zero-order valence-electron chi connectivity index (χ0n) is 9.71. The van der Waals surface area contributed by atoms with Gasteiger partial charge in [-0.3, -0.25) is 4.79 Å². The lowest BCUT2D eigenvalue weighted by Gasteiger charge is -2.16. The van der Waals surface area contributed by atoms with Gasteiger partial charge >= 0.3 is 5.97 Å². The van der Waals surface area contributed by atoms with Gasteiger partial charge in [0.05, 0.1) is 10.8 Å². The fraction of sp³-hybridized carbons (Fsp3) is 0.364. The van der Waals surface area contributed by atoms with Gasteiger partial charge in [0.2, 0.25) is 10.0 Å². The second-order valence-electron chi connectivity index (χ2n) is 4.26. The molecule has 1 aliphatic heterocycles. The molecule has 2 rings (SSSR count). The number of sulfonamides is 1. The molecule has 0 aliphatic carbocycles. The van der Waals surface area contributed by atoms with Gasteiger partial charge in [0.1, 0.15) is 5.82 Å². The van der Waals surface area contributed by atoms with Crippen molar-refractivity contribution in [3.8, 4) is 0 Å². The smallest absolute Gasteiger partial charge is 0.307 e. The summed E-state index contributed by atoms with van der Waals surface area (Å²) in [4.78, 5) is 10.8. The Kier molecular flexibility index (Phi) is 3.93. The van der Waals surface area contributed by atoms with Gasteiger partial charge in [0.25, 0.3) is 0 Å². The topological polar surface area (TPSA) is 74.7 Å². The first-order valence-corrected chi connectivity index (χ1v) is 7.73. The van der Waals surface area contributed by atoms with Gasteiger partial charge in [-0.1, -0.05) is 0 Å². The molecule has 0 aromatic heterocycles. The van der Waals surface area contributed by atoms with E-state index in [9.17, 15) is 17.6 Å². The standard InChI is InChI=1S/C11H11BrFNO4S/c12-9-5-8(13)1-2-10(9)19(17,18)14-4-3-7(6-14)11(15)16/h1-2,5,7H,3-4,6H2,(H,15,16). The van der Waals surface area contributed by atoms with Crippen LogP contribution in [-0.2, 0) is 14.8 Å². The van der Waals surface area contributed by atoms with Crippen LogP contribution in [-0.4, -0.2) is 36.9 Å². The van der Waals surface area contributed by atoms with E-state index in [-0.39, 0.29) is 28.9 Å². The first-order valence-electron chi connectivity index (χ1n) is 5.50. The van der Waals surface area contributed by atoms with Crippen LogP contribution in [0.3, 0.4) is 0 Å². The van der Waals surface area contributed by atoms with E-state index in [1.165, 1.54) is 6.07 Å². The minimum Gasteiger partial charge on any atom is -0.481 e. The van der Waals surface area contributed by atoms with Gasteiger partial charge in [-0.25, -0.2) is 12.8 Å². The molecule has 1 heterocycles. The molecule has 1 aliphatic rings. The molecule has 8 heteroatoms. The Hall–Kier alpha value is -0.990. The van der Waals surface area contributed by atoms with E-state index in [1.54, 1.807) is 0 Å². The fourth-order valence-electron chi connectivity index (χ4n) is 1.97. The summed E-state index contributed by atoms with van der Waals surface area (Å²) in [5.41, 5.74) is 0. The zero-order valence-corrected chi connectivity index (χ0v) is 12.1. The number of hydrogen-bond donors (Lipinski definition) is 1. The van der Waals surface area contributed by atoms with Crippen LogP contribution < -0.4 is 0 Å². The second-order valence-corrected chi connectivity index (χ2v) is 7.02. The highest BCUT2D eigenvalue weighted by atomic mass is 79.9. The molecule has 1 saturated heterocycles. The number of hydrogen-bond acceptors (Lipinski definition) is 3. The third-order valence-corrected chi connectivity index (χ3v) is 5.85. The fourth-order valence-corrected chi connectivity index (χ4v) is 4.48. The maximum Gasteiger partial charge on any atom is 0.307 e. The molecule has 0 amide bonds. The van der Waals surface area contributed by atoms with E-state index >= 15 is 0 Å². The van der Waals surface area contributed by atoms with Crippen molar-refractivity contribution in [1.82, 2.24) is 4.31 Å². The Labute approximate surface area is 118 Å². The number of rotatable bonds is 3. The van der Waals surface area contributed by atoms with Crippen LogP contribution in [0.1, 0.15) is 6.42 Å². The molecule has 5 nitrogen and oxygen atoms in total. The maximum atomic E-state index is 13.0. The van der Waals surface area contributed by atoms with Crippen molar-refractivity contribution in [1.29, 1.82) is 0 Å². The summed E-state index contributed by atoms with van der Waals surface area (Å²) >= 11 is 3.01. The largest absolute Gasteiger partial charge is 0.481 e. The SMILES string of the molecule is O=C(O)C1CCN(S(=O)(=O)c2ccc(F)cc2Br)C1. The quantitative estimate of drug-likeness (QED) is 0.898. The van der Waals surface area contributed by atoms with Gasteiger partial charge in [0, 0.05) is 17.6 Å². The molecule has 0 spiro atoms. The molecule has 19 heavy (non-hydrogen) atoms. The number of benzene rings is 1. The van der Waals surface area contributed by atoms with Gasteiger partial charge in [-0.2, -0.15) is 4.31 Å². The zero-order chi connectivity index (χ0) is 14.2. The number of carboxylic acids is 1. The summed E-state index contributed by atoms with van der Waals surface area (Å²) in [6.45, 7) is 0.102. The predicted molar refractivity (Wildman–Crippen MR) is 68.6 cm³/mol. The Morgan fingerprint density at radius 2 is 2.16 bits per heavy atom. The molecular formula is C11H11BrFNO4S. The first-order chi connectivity index (χ1) is 8.82. The molecule has 0 radical (unpaired) electrons. The Bertz CT molecular complexity index is 619. The van der Waals surface area contributed by atoms with Gasteiger partial charge in [-0.05, 0) is 40.5 Å². The van der Waals surface area contributed by atoms with Crippen molar-refractivity contribution >= 4 is 31.9 Å². The van der Waals surface area contributed by atoms with E-state index in [0.717, 1.165) is 16.4 Å². The van der Waals surface area contributed by atoms with Crippen LogP contribution in [0.4, 0.5) is 4.39 Å². The average molecular weight is 352 g/mol. The molecule has 0 bridgehead atoms. The summed E-state index contributed by atoms with van der Waals surface area (Å²) < 4.78 is 38.8. The van der Waals surface area contributed by atoms with Crippen molar-refractivity contribution in [3.05, 3.63) is 28.5 Å². The Morgan fingerprint density at radius 1 is 1.47 bits per heavy atom. The van der Waals surface area contributed by atoms with Crippen molar-refractivity contribution in [2.75, 3.05) is 13.1 Å². The van der Waals surface area contributed by atoms with Crippen molar-refractivity contribution in [3.63, 3.8) is 0 Å². The summed E-state index contributed by atoms with van der Waals surface area (Å²) in [5.74, 6) is -2.24. The third kappa shape index (κ3) is 2.80. The van der Waals surface area contributed by atoms with Crippen LogP contribution in [0.15, 0.2) is 27.6 Å². The lowest BCUT2D eigenvalue weighted by molar-refractivity contribution is -0.141. The Morgan fingerprint density at radius 3 is 2.68 bits per heavy atom. The van der Waals surface area contributed by atoms with Crippen LogP contribution >= 0.6 is 15.9 Å². The normalized spacial score (nSPS) is 20.6. The third-order valence-electron chi connectivity index (χ3n) is 3.01. The highest BCUT2D eigenvalue weighted by Crippen LogP contribution is 2.29. The summed E-state index contributed by atoms with van der Waals surface area (Å²) in [5, 5.41) is 8.88. The highest BCUT2D eigenvalue weighted by Gasteiger charge is 2.36. The number of halogens is 2. The molecule has 1 unspecified atom stereocenters. The summed E-state index contributed by atoms with van der Waals surface area (Å²) in [6, 6.07) is 3.29. The molecule has 1 aromatic rings. The van der Waals surface area contributed by atoms with Crippen molar-refractivity contribution in [2.45, 2.75) is 11.3 Å². The van der Waals surface area contributed by atoms with Crippen LogP contribution in [0, 0.1) is 11.7 Å². The monoisotopic (exact) mass is 351 g/mol.